The summed E-state index contributed by atoms with van der Waals surface area (Å²) >= 11 is 0. The first-order valence-electron chi connectivity index (χ1n) is 5.45. The summed E-state index contributed by atoms with van der Waals surface area (Å²) in [6, 6.07) is 5.08. The van der Waals surface area contributed by atoms with Crippen LogP contribution in [0, 0.1) is 12.8 Å². The number of rotatable bonds is 4. The van der Waals surface area contributed by atoms with Gasteiger partial charge in [-0.05, 0) is 30.5 Å². The molecule has 1 aromatic carbocycles. The molecule has 3 nitrogen and oxygen atoms in total. The monoisotopic (exact) mass is 241 g/mol. The van der Waals surface area contributed by atoms with E-state index in [4.69, 9.17) is 5.73 Å². The smallest absolute Gasteiger partial charge is 0.180 e. The van der Waals surface area contributed by atoms with Crippen molar-refractivity contribution in [1.82, 2.24) is 0 Å². The third kappa shape index (κ3) is 2.98. The van der Waals surface area contributed by atoms with Gasteiger partial charge in [0.25, 0.3) is 0 Å². The predicted octanol–water partition coefficient (Wildman–Crippen LogP) is 2.40. The van der Waals surface area contributed by atoms with Crippen molar-refractivity contribution in [2.75, 3.05) is 11.5 Å². The first-order chi connectivity index (χ1) is 7.36. The molecule has 1 atom stereocenters. The number of aryl methyl sites for hydroxylation is 1. The molecule has 0 fully saturated rings. The van der Waals surface area contributed by atoms with Gasteiger partial charge in [-0.15, -0.1) is 0 Å². The van der Waals surface area contributed by atoms with E-state index in [1.165, 1.54) is 0 Å². The molecule has 0 saturated heterocycles. The molecule has 0 aliphatic carbocycles. The summed E-state index contributed by atoms with van der Waals surface area (Å²) in [6.45, 7) is 5.81. The minimum Gasteiger partial charge on any atom is -0.398 e. The lowest BCUT2D eigenvalue weighted by molar-refractivity contribution is 0.564. The van der Waals surface area contributed by atoms with Crippen LogP contribution in [-0.4, -0.2) is 14.2 Å². The normalized spacial score (nSPS) is 13.7. The molecule has 1 unspecified atom stereocenters. The van der Waals surface area contributed by atoms with Crippen molar-refractivity contribution in [3.05, 3.63) is 23.8 Å². The number of nitrogens with two attached hydrogens (primary N) is 1. The summed E-state index contributed by atoms with van der Waals surface area (Å²) in [6.07, 6.45) is 0.852. The molecular formula is C12H19NO2S. The van der Waals surface area contributed by atoms with Gasteiger partial charge in [-0.3, -0.25) is 0 Å². The van der Waals surface area contributed by atoms with Crippen molar-refractivity contribution in [2.45, 2.75) is 32.1 Å². The second-order valence-corrected chi connectivity index (χ2v) is 6.34. The largest absolute Gasteiger partial charge is 0.398 e. The molecule has 0 amide bonds. The first-order valence-corrected chi connectivity index (χ1v) is 7.11. The van der Waals surface area contributed by atoms with Gasteiger partial charge in [0, 0.05) is 0 Å². The number of benzene rings is 1. The number of anilines is 1. The first kappa shape index (κ1) is 13.0. The Balaban J connectivity index is 3.08. The summed E-state index contributed by atoms with van der Waals surface area (Å²) in [5.41, 5.74) is 7.07. The molecule has 0 bridgehead atoms. The zero-order valence-corrected chi connectivity index (χ0v) is 10.8. The van der Waals surface area contributed by atoms with E-state index in [0.29, 0.717) is 5.69 Å². The number of hydrogen-bond acceptors (Lipinski definition) is 3. The maximum absolute atomic E-state index is 12.1. The van der Waals surface area contributed by atoms with E-state index < -0.39 is 9.84 Å². The minimum absolute atomic E-state index is 0.158. The number of nitrogen functional groups attached to an aromatic ring is 1. The third-order valence-corrected chi connectivity index (χ3v) is 4.75. The van der Waals surface area contributed by atoms with Crippen LogP contribution < -0.4 is 5.73 Å². The zero-order valence-electron chi connectivity index (χ0n) is 10.0. The summed E-state index contributed by atoms with van der Waals surface area (Å²) < 4.78 is 24.1. The van der Waals surface area contributed by atoms with Gasteiger partial charge in [0.15, 0.2) is 9.84 Å². The summed E-state index contributed by atoms with van der Waals surface area (Å²) in [7, 11) is -3.24. The molecule has 0 heterocycles. The topological polar surface area (TPSA) is 60.2 Å². The molecule has 1 aromatic rings. The van der Waals surface area contributed by atoms with Crippen LogP contribution in [-0.2, 0) is 9.84 Å². The zero-order chi connectivity index (χ0) is 12.3. The fourth-order valence-corrected chi connectivity index (χ4v) is 3.39. The minimum atomic E-state index is -3.24. The Hall–Kier alpha value is -1.03. The average molecular weight is 241 g/mol. The van der Waals surface area contributed by atoms with Crippen LogP contribution >= 0.6 is 0 Å². The Morgan fingerprint density at radius 1 is 1.38 bits per heavy atom. The third-order valence-electron chi connectivity index (χ3n) is 2.70. The van der Waals surface area contributed by atoms with Crippen molar-refractivity contribution in [3.8, 4) is 0 Å². The molecule has 0 radical (unpaired) electrons. The van der Waals surface area contributed by atoms with Gasteiger partial charge >= 0.3 is 0 Å². The van der Waals surface area contributed by atoms with Crippen molar-refractivity contribution in [2.24, 2.45) is 5.92 Å². The average Bonchev–Trinajstić information content (AvgIpc) is 2.16. The maximum Gasteiger partial charge on any atom is 0.180 e. The molecule has 0 aromatic heterocycles. The van der Waals surface area contributed by atoms with Gasteiger partial charge in [0.1, 0.15) is 0 Å². The van der Waals surface area contributed by atoms with E-state index in [2.05, 4.69) is 0 Å². The SMILES string of the molecule is CCC(C)CS(=O)(=O)c1ccc(C)cc1N. The lowest BCUT2D eigenvalue weighted by Gasteiger charge is -2.11. The predicted molar refractivity (Wildman–Crippen MR) is 67.1 cm³/mol. The van der Waals surface area contributed by atoms with E-state index in [0.717, 1.165) is 12.0 Å². The van der Waals surface area contributed by atoms with E-state index in [1.807, 2.05) is 20.8 Å². The van der Waals surface area contributed by atoms with Crippen LogP contribution in [0.3, 0.4) is 0 Å². The summed E-state index contributed by atoms with van der Waals surface area (Å²) in [4.78, 5) is 0.262. The van der Waals surface area contributed by atoms with Gasteiger partial charge in [-0.25, -0.2) is 8.42 Å². The van der Waals surface area contributed by atoms with Crippen LogP contribution in [0.2, 0.25) is 0 Å². The van der Waals surface area contributed by atoms with Gasteiger partial charge in [-0.1, -0.05) is 26.3 Å². The summed E-state index contributed by atoms with van der Waals surface area (Å²) in [5.74, 6) is 0.322. The molecular weight excluding hydrogens is 222 g/mol. The molecule has 4 heteroatoms. The van der Waals surface area contributed by atoms with Crippen molar-refractivity contribution in [1.29, 1.82) is 0 Å². The lowest BCUT2D eigenvalue weighted by atomic mass is 10.2. The Morgan fingerprint density at radius 2 is 2.00 bits per heavy atom. The lowest BCUT2D eigenvalue weighted by Crippen LogP contribution is -2.15. The van der Waals surface area contributed by atoms with E-state index in [-0.39, 0.29) is 16.6 Å². The van der Waals surface area contributed by atoms with Crippen LogP contribution in [0.15, 0.2) is 23.1 Å². The van der Waals surface area contributed by atoms with Crippen molar-refractivity contribution < 1.29 is 8.42 Å². The highest BCUT2D eigenvalue weighted by Gasteiger charge is 2.19. The molecule has 90 valence electrons. The number of hydrogen-bond donors (Lipinski definition) is 1. The van der Waals surface area contributed by atoms with Crippen molar-refractivity contribution in [3.63, 3.8) is 0 Å². The molecule has 1 rings (SSSR count). The van der Waals surface area contributed by atoms with E-state index >= 15 is 0 Å². The summed E-state index contributed by atoms with van der Waals surface area (Å²) in [5, 5.41) is 0. The molecule has 0 aliphatic heterocycles. The van der Waals surface area contributed by atoms with Crippen LogP contribution in [0.1, 0.15) is 25.8 Å². The Kier molecular flexibility index (Phi) is 3.97. The molecule has 0 aliphatic rings. The van der Waals surface area contributed by atoms with Gasteiger partial charge in [0.05, 0.1) is 16.3 Å². The highest BCUT2D eigenvalue weighted by molar-refractivity contribution is 7.91. The van der Waals surface area contributed by atoms with E-state index in [9.17, 15) is 8.42 Å². The Labute approximate surface area is 97.6 Å². The van der Waals surface area contributed by atoms with Crippen molar-refractivity contribution >= 4 is 15.5 Å². The molecule has 16 heavy (non-hydrogen) atoms. The molecule has 0 saturated carbocycles. The van der Waals surface area contributed by atoms with Crippen LogP contribution in [0.5, 0.6) is 0 Å². The Bertz CT molecular complexity index is 466. The number of sulfone groups is 1. The Morgan fingerprint density at radius 3 is 2.50 bits per heavy atom. The fourth-order valence-electron chi connectivity index (χ4n) is 1.53. The second kappa shape index (κ2) is 4.87. The molecule has 0 spiro atoms. The van der Waals surface area contributed by atoms with Gasteiger partial charge < -0.3 is 5.73 Å². The molecule has 2 N–H and O–H groups in total. The highest BCUT2D eigenvalue weighted by Crippen LogP contribution is 2.22. The second-order valence-electron chi connectivity index (χ2n) is 4.34. The van der Waals surface area contributed by atoms with Crippen LogP contribution in [0.25, 0.3) is 0 Å². The fraction of sp³-hybridized carbons (Fsp3) is 0.500. The van der Waals surface area contributed by atoms with Gasteiger partial charge in [0.2, 0.25) is 0 Å². The standard InChI is InChI=1S/C12H19NO2S/c1-4-9(2)8-16(14,15)12-6-5-10(3)7-11(12)13/h5-7,9H,4,8,13H2,1-3H3. The quantitative estimate of drug-likeness (QED) is 0.823. The maximum atomic E-state index is 12.1. The van der Waals surface area contributed by atoms with Gasteiger partial charge in [-0.2, -0.15) is 0 Å². The highest BCUT2D eigenvalue weighted by atomic mass is 32.2. The van der Waals surface area contributed by atoms with Crippen LogP contribution in [0.4, 0.5) is 5.69 Å². The van der Waals surface area contributed by atoms with E-state index in [1.54, 1.807) is 18.2 Å².